The van der Waals surface area contributed by atoms with E-state index in [1.807, 2.05) is 0 Å². The third-order valence-corrected chi connectivity index (χ3v) is 2.58. The molecule has 0 saturated heterocycles. The Morgan fingerprint density at radius 1 is 1.25 bits per heavy atom. The molecule has 0 radical (unpaired) electrons. The standard InChI is InChI=1S/C7HBr2F2N/c8-4-1-3(2-12)5(9)7(11)6(4)10/h1H. The molecule has 0 aliphatic carbocycles. The molecule has 0 aromatic heterocycles. The molecular weight excluding hydrogens is 296 g/mol. The van der Waals surface area contributed by atoms with Crippen LogP contribution in [-0.2, 0) is 0 Å². The minimum Gasteiger partial charge on any atom is -0.202 e. The molecule has 0 fully saturated rings. The summed E-state index contributed by atoms with van der Waals surface area (Å²) in [5.41, 5.74) is 0.0563. The number of hydrogen-bond donors (Lipinski definition) is 0. The van der Waals surface area contributed by atoms with Gasteiger partial charge >= 0.3 is 0 Å². The van der Waals surface area contributed by atoms with Crippen LogP contribution in [0.1, 0.15) is 5.56 Å². The summed E-state index contributed by atoms with van der Waals surface area (Å²) in [6.45, 7) is 0. The van der Waals surface area contributed by atoms with Crippen molar-refractivity contribution in [3.05, 3.63) is 32.2 Å². The van der Waals surface area contributed by atoms with Crippen LogP contribution in [-0.4, -0.2) is 0 Å². The van der Waals surface area contributed by atoms with Crippen molar-refractivity contribution in [2.75, 3.05) is 0 Å². The fourth-order valence-corrected chi connectivity index (χ4v) is 1.43. The molecule has 0 atom stereocenters. The number of rotatable bonds is 0. The van der Waals surface area contributed by atoms with Crippen molar-refractivity contribution in [1.82, 2.24) is 0 Å². The summed E-state index contributed by atoms with van der Waals surface area (Å²) in [5, 5.41) is 8.47. The molecule has 0 unspecified atom stereocenters. The molecule has 1 aromatic carbocycles. The summed E-state index contributed by atoms with van der Waals surface area (Å²) in [5.74, 6) is -2.05. The first kappa shape index (κ1) is 9.62. The zero-order valence-corrected chi connectivity index (χ0v) is 8.71. The van der Waals surface area contributed by atoms with E-state index in [2.05, 4.69) is 31.9 Å². The van der Waals surface area contributed by atoms with Crippen molar-refractivity contribution < 1.29 is 8.78 Å². The first-order valence-corrected chi connectivity index (χ1v) is 4.39. The normalized spacial score (nSPS) is 9.58. The maximum absolute atomic E-state index is 12.8. The second-order valence-electron chi connectivity index (χ2n) is 1.96. The van der Waals surface area contributed by atoms with E-state index in [9.17, 15) is 8.78 Å². The van der Waals surface area contributed by atoms with E-state index in [1.165, 1.54) is 6.07 Å². The summed E-state index contributed by atoms with van der Waals surface area (Å²) >= 11 is 5.55. The minimum atomic E-state index is -1.05. The van der Waals surface area contributed by atoms with Crippen LogP contribution in [0.2, 0.25) is 0 Å². The van der Waals surface area contributed by atoms with Gasteiger partial charge in [0.1, 0.15) is 6.07 Å². The zero-order chi connectivity index (χ0) is 9.30. The number of halogens is 4. The van der Waals surface area contributed by atoms with Gasteiger partial charge < -0.3 is 0 Å². The average Bonchev–Trinajstić information content (AvgIpc) is 2.08. The van der Waals surface area contributed by atoms with Crippen LogP contribution in [0.4, 0.5) is 8.78 Å². The largest absolute Gasteiger partial charge is 0.202 e. The van der Waals surface area contributed by atoms with Crippen molar-refractivity contribution in [2.45, 2.75) is 0 Å². The average molecular weight is 297 g/mol. The van der Waals surface area contributed by atoms with Gasteiger partial charge in [-0.1, -0.05) is 0 Å². The summed E-state index contributed by atoms with van der Waals surface area (Å²) in [6.07, 6.45) is 0. The van der Waals surface area contributed by atoms with Crippen LogP contribution in [0.15, 0.2) is 15.0 Å². The maximum atomic E-state index is 12.8. The summed E-state index contributed by atoms with van der Waals surface area (Å²) < 4.78 is 25.4. The Hall–Kier alpha value is -0.470. The van der Waals surface area contributed by atoms with E-state index >= 15 is 0 Å². The number of nitriles is 1. The van der Waals surface area contributed by atoms with Crippen LogP contribution < -0.4 is 0 Å². The maximum Gasteiger partial charge on any atom is 0.175 e. The van der Waals surface area contributed by atoms with Gasteiger partial charge in [-0.15, -0.1) is 0 Å². The Balaban J connectivity index is 3.52. The third kappa shape index (κ3) is 1.50. The van der Waals surface area contributed by atoms with E-state index in [1.54, 1.807) is 6.07 Å². The van der Waals surface area contributed by atoms with E-state index < -0.39 is 11.6 Å². The molecule has 0 spiro atoms. The highest BCUT2D eigenvalue weighted by molar-refractivity contribution is 9.11. The molecule has 1 rings (SSSR count). The predicted octanol–water partition coefficient (Wildman–Crippen LogP) is 3.36. The van der Waals surface area contributed by atoms with Gasteiger partial charge in [0.05, 0.1) is 14.5 Å². The van der Waals surface area contributed by atoms with Gasteiger partial charge in [0, 0.05) is 0 Å². The van der Waals surface area contributed by atoms with Crippen LogP contribution >= 0.6 is 31.9 Å². The molecule has 1 aromatic rings. The smallest absolute Gasteiger partial charge is 0.175 e. The van der Waals surface area contributed by atoms with Gasteiger partial charge in [0.2, 0.25) is 0 Å². The Bertz CT molecular complexity index is 371. The lowest BCUT2D eigenvalue weighted by Gasteiger charge is -2.00. The van der Waals surface area contributed by atoms with Crippen LogP contribution in [0.3, 0.4) is 0 Å². The molecule has 0 aliphatic heterocycles. The van der Waals surface area contributed by atoms with E-state index in [-0.39, 0.29) is 14.5 Å². The molecule has 12 heavy (non-hydrogen) atoms. The number of nitrogens with zero attached hydrogens (tertiary/aromatic N) is 1. The summed E-state index contributed by atoms with van der Waals surface area (Å²) in [4.78, 5) is 0. The van der Waals surface area contributed by atoms with E-state index in [0.717, 1.165) is 0 Å². The fraction of sp³-hybridized carbons (Fsp3) is 0. The van der Waals surface area contributed by atoms with Gasteiger partial charge in [0.15, 0.2) is 11.6 Å². The van der Waals surface area contributed by atoms with Crippen molar-refractivity contribution in [2.24, 2.45) is 0 Å². The minimum absolute atomic E-state index is 0.0558. The second kappa shape index (κ2) is 3.50. The fourth-order valence-electron chi connectivity index (χ4n) is 0.654. The Morgan fingerprint density at radius 2 is 1.83 bits per heavy atom. The lowest BCUT2D eigenvalue weighted by Crippen LogP contribution is -1.91. The predicted molar refractivity (Wildman–Crippen MR) is 46.5 cm³/mol. The first-order valence-electron chi connectivity index (χ1n) is 2.81. The number of hydrogen-bond acceptors (Lipinski definition) is 1. The molecule has 1 nitrogen and oxygen atoms in total. The molecule has 62 valence electrons. The van der Waals surface area contributed by atoms with Crippen molar-refractivity contribution >= 4 is 31.9 Å². The quantitative estimate of drug-likeness (QED) is 0.532. The molecule has 5 heteroatoms. The van der Waals surface area contributed by atoms with Gasteiger partial charge in [-0.2, -0.15) is 5.26 Å². The zero-order valence-electron chi connectivity index (χ0n) is 5.54. The SMILES string of the molecule is N#Cc1cc(Br)c(F)c(F)c1Br. The van der Waals surface area contributed by atoms with Crippen LogP contribution in [0, 0.1) is 23.0 Å². The molecule has 0 N–H and O–H groups in total. The lowest BCUT2D eigenvalue weighted by atomic mass is 10.2. The Labute approximate surface area is 84.3 Å². The molecule has 0 saturated carbocycles. The van der Waals surface area contributed by atoms with Crippen molar-refractivity contribution in [3.63, 3.8) is 0 Å². The van der Waals surface area contributed by atoms with Crippen LogP contribution in [0.5, 0.6) is 0 Å². The highest BCUT2D eigenvalue weighted by Gasteiger charge is 2.14. The monoisotopic (exact) mass is 295 g/mol. The third-order valence-electron chi connectivity index (χ3n) is 1.22. The van der Waals surface area contributed by atoms with Gasteiger partial charge in [-0.05, 0) is 37.9 Å². The van der Waals surface area contributed by atoms with Crippen molar-refractivity contribution in [3.8, 4) is 6.07 Å². The van der Waals surface area contributed by atoms with Gasteiger partial charge in [-0.3, -0.25) is 0 Å². The van der Waals surface area contributed by atoms with Gasteiger partial charge in [-0.25, -0.2) is 8.78 Å². The molecule has 0 amide bonds. The molecule has 0 bridgehead atoms. The van der Waals surface area contributed by atoms with Gasteiger partial charge in [0.25, 0.3) is 0 Å². The summed E-state index contributed by atoms with van der Waals surface area (Å²) in [7, 11) is 0. The molecule has 0 heterocycles. The molecular formula is C7HBr2F2N. The Kier molecular flexibility index (Phi) is 2.80. The second-order valence-corrected chi connectivity index (χ2v) is 3.61. The van der Waals surface area contributed by atoms with E-state index in [0.29, 0.717) is 0 Å². The lowest BCUT2D eigenvalue weighted by molar-refractivity contribution is 0.499. The highest BCUT2D eigenvalue weighted by atomic mass is 79.9. The highest BCUT2D eigenvalue weighted by Crippen LogP contribution is 2.28. The molecule has 0 aliphatic rings. The van der Waals surface area contributed by atoms with Crippen molar-refractivity contribution in [1.29, 1.82) is 5.26 Å². The van der Waals surface area contributed by atoms with Crippen LogP contribution in [0.25, 0.3) is 0 Å². The van der Waals surface area contributed by atoms with E-state index in [4.69, 9.17) is 5.26 Å². The Morgan fingerprint density at radius 3 is 2.33 bits per heavy atom. The number of benzene rings is 1. The summed E-state index contributed by atoms with van der Waals surface area (Å²) in [6, 6.07) is 2.93. The first-order chi connectivity index (χ1) is 5.57. The topological polar surface area (TPSA) is 23.8 Å².